The van der Waals surface area contributed by atoms with Crippen molar-refractivity contribution in [2.75, 3.05) is 6.54 Å². The quantitative estimate of drug-likeness (QED) is 0.874. The van der Waals surface area contributed by atoms with Gasteiger partial charge in [-0.3, -0.25) is 4.68 Å². The summed E-state index contributed by atoms with van der Waals surface area (Å²) in [5.41, 5.74) is 2.45. The molecule has 1 unspecified atom stereocenters. The number of rotatable bonds is 6. The Morgan fingerprint density at radius 3 is 2.50 bits per heavy atom. The molecule has 1 heterocycles. The van der Waals surface area contributed by atoms with E-state index < -0.39 is 0 Å². The van der Waals surface area contributed by atoms with Gasteiger partial charge in [0.1, 0.15) is 0 Å². The fraction of sp³-hybridized carbons (Fsp3) is 0.588. The molecule has 110 valence electrons. The van der Waals surface area contributed by atoms with Crippen LogP contribution in [0.5, 0.6) is 0 Å². The average Bonchev–Trinajstić information content (AvgIpc) is 2.71. The van der Waals surface area contributed by atoms with E-state index in [4.69, 9.17) is 5.10 Å². The molecule has 0 radical (unpaired) electrons. The van der Waals surface area contributed by atoms with E-state index in [1.54, 1.807) is 0 Å². The number of hydrogen-bond acceptors (Lipinski definition) is 2. The van der Waals surface area contributed by atoms with Crippen LogP contribution in [0.1, 0.15) is 33.4 Å². The summed E-state index contributed by atoms with van der Waals surface area (Å²) in [4.78, 5) is 0. The topological polar surface area (TPSA) is 29.9 Å². The molecule has 3 nitrogen and oxygen atoms in total. The van der Waals surface area contributed by atoms with E-state index in [2.05, 4.69) is 57.3 Å². The molecule has 0 spiro atoms. The number of benzene rings is 1. The number of nitrogens with zero attached hydrogens (tertiary/aromatic N) is 2. The molecule has 1 atom stereocenters. The van der Waals surface area contributed by atoms with E-state index in [0.717, 1.165) is 13.0 Å². The summed E-state index contributed by atoms with van der Waals surface area (Å²) in [6.45, 7) is 10.1. The van der Waals surface area contributed by atoms with Crippen molar-refractivity contribution in [1.29, 1.82) is 0 Å². The highest BCUT2D eigenvalue weighted by Crippen LogP contribution is 2.23. The second kappa shape index (κ2) is 6.40. The number of nitrogens with one attached hydrogen (secondary N) is 1. The standard InChI is InChI=1S/C17H27N3/c1-12(2)14(11-18-13(3)4)10-16-15-8-6-7-9-17(15)20(5)19-16/h6-9,12-14,18H,10-11H2,1-5H3. The Morgan fingerprint density at radius 1 is 1.15 bits per heavy atom. The lowest BCUT2D eigenvalue weighted by molar-refractivity contribution is 0.346. The zero-order valence-corrected chi connectivity index (χ0v) is 13.4. The molecule has 1 aromatic carbocycles. The normalized spacial score (nSPS) is 13.6. The second-order valence-corrected chi connectivity index (χ2v) is 6.36. The molecule has 0 amide bonds. The summed E-state index contributed by atoms with van der Waals surface area (Å²) in [7, 11) is 2.03. The van der Waals surface area contributed by atoms with Gasteiger partial charge in [-0.15, -0.1) is 0 Å². The Bertz CT molecular complexity index is 554. The largest absolute Gasteiger partial charge is 0.314 e. The van der Waals surface area contributed by atoms with Gasteiger partial charge < -0.3 is 5.32 Å². The summed E-state index contributed by atoms with van der Waals surface area (Å²) in [5.74, 6) is 1.28. The Labute approximate surface area is 122 Å². The summed E-state index contributed by atoms with van der Waals surface area (Å²) in [6.07, 6.45) is 1.04. The minimum Gasteiger partial charge on any atom is -0.314 e. The van der Waals surface area contributed by atoms with Gasteiger partial charge in [0.15, 0.2) is 0 Å². The van der Waals surface area contributed by atoms with Gasteiger partial charge >= 0.3 is 0 Å². The molecule has 0 aliphatic heterocycles. The lowest BCUT2D eigenvalue weighted by atomic mass is 9.90. The summed E-state index contributed by atoms with van der Waals surface area (Å²) in [6, 6.07) is 9.04. The molecule has 3 heteroatoms. The second-order valence-electron chi connectivity index (χ2n) is 6.36. The highest BCUT2D eigenvalue weighted by atomic mass is 15.3. The lowest BCUT2D eigenvalue weighted by Gasteiger charge is -2.22. The highest BCUT2D eigenvalue weighted by Gasteiger charge is 2.18. The molecule has 0 fully saturated rings. The molecule has 0 saturated heterocycles. The third kappa shape index (κ3) is 3.40. The van der Waals surface area contributed by atoms with Crippen LogP contribution in [0, 0.1) is 11.8 Å². The van der Waals surface area contributed by atoms with Crippen LogP contribution in [0.3, 0.4) is 0 Å². The molecule has 0 aliphatic carbocycles. The molecular formula is C17H27N3. The third-order valence-electron chi connectivity index (χ3n) is 4.02. The minimum atomic E-state index is 0.539. The van der Waals surface area contributed by atoms with E-state index in [1.165, 1.54) is 16.6 Å². The Balaban J connectivity index is 2.20. The van der Waals surface area contributed by atoms with Gasteiger partial charge in [-0.2, -0.15) is 5.10 Å². The van der Waals surface area contributed by atoms with Crippen LogP contribution in [0.15, 0.2) is 24.3 Å². The van der Waals surface area contributed by atoms with Gasteiger partial charge in [-0.1, -0.05) is 45.9 Å². The lowest BCUT2D eigenvalue weighted by Crippen LogP contribution is -2.32. The smallest absolute Gasteiger partial charge is 0.0706 e. The van der Waals surface area contributed by atoms with Crippen LogP contribution in [0.25, 0.3) is 10.9 Å². The fourth-order valence-electron chi connectivity index (χ4n) is 2.62. The van der Waals surface area contributed by atoms with Crippen LogP contribution in [-0.2, 0) is 13.5 Å². The van der Waals surface area contributed by atoms with E-state index in [9.17, 15) is 0 Å². The van der Waals surface area contributed by atoms with Crippen LogP contribution < -0.4 is 5.32 Å². The van der Waals surface area contributed by atoms with Gasteiger partial charge in [-0.25, -0.2) is 0 Å². The van der Waals surface area contributed by atoms with E-state index in [0.29, 0.717) is 17.9 Å². The first kappa shape index (κ1) is 15.0. The molecular weight excluding hydrogens is 246 g/mol. The van der Waals surface area contributed by atoms with Gasteiger partial charge in [0, 0.05) is 18.5 Å². The monoisotopic (exact) mass is 273 g/mol. The number of aryl methyl sites for hydroxylation is 1. The van der Waals surface area contributed by atoms with Crippen molar-refractivity contribution in [3.63, 3.8) is 0 Å². The number of hydrogen-bond donors (Lipinski definition) is 1. The van der Waals surface area contributed by atoms with Crippen molar-refractivity contribution in [3.8, 4) is 0 Å². The van der Waals surface area contributed by atoms with Crippen molar-refractivity contribution in [2.45, 2.75) is 40.2 Å². The van der Waals surface area contributed by atoms with Crippen molar-refractivity contribution < 1.29 is 0 Å². The molecule has 2 aromatic rings. The maximum Gasteiger partial charge on any atom is 0.0706 e. The van der Waals surface area contributed by atoms with Crippen LogP contribution in [0.4, 0.5) is 0 Å². The van der Waals surface area contributed by atoms with Crippen LogP contribution in [-0.4, -0.2) is 22.4 Å². The van der Waals surface area contributed by atoms with Gasteiger partial charge in [0.25, 0.3) is 0 Å². The maximum atomic E-state index is 4.73. The van der Waals surface area contributed by atoms with Gasteiger partial charge in [0.2, 0.25) is 0 Å². The van der Waals surface area contributed by atoms with Gasteiger partial charge in [-0.05, 0) is 30.9 Å². The predicted molar refractivity (Wildman–Crippen MR) is 85.9 cm³/mol. The van der Waals surface area contributed by atoms with E-state index in [1.807, 2.05) is 11.7 Å². The molecule has 2 rings (SSSR count). The Hall–Kier alpha value is -1.35. The molecule has 0 bridgehead atoms. The zero-order valence-electron chi connectivity index (χ0n) is 13.4. The van der Waals surface area contributed by atoms with E-state index in [-0.39, 0.29) is 0 Å². The average molecular weight is 273 g/mol. The van der Waals surface area contributed by atoms with Gasteiger partial charge in [0.05, 0.1) is 11.2 Å². The number of para-hydroxylation sites is 1. The number of fused-ring (bicyclic) bond motifs is 1. The molecule has 1 N–H and O–H groups in total. The number of aromatic nitrogens is 2. The molecule has 0 aliphatic rings. The first-order valence-electron chi connectivity index (χ1n) is 7.63. The molecule has 1 aromatic heterocycles. The first-order valence-corrected chi connectivity index (χ1v) is 7.63. The predicted octanol–water partition coefficient (Wildman–Crippen LogP) is 3.39. The van der Waals surface area contributed by atoms with E-state index >= 15 is 0 Å². The third-order valence-corrected chi connectivity index (χ3v) is 4.02. The Kier molecular flexibility index (Phi) is 4.81. The highest BCUT2D eigenvalue weighted by molar-refractivity contribution is 5.81. The fourth-order valence-corrected chi connectivity index (χ4v) is 2.62. The zero-order chi connectivity index (χ0) is 14.7. The molecule has 20 heavy (non-hydrogen) atoms. The van der Waals surface area contributed by atoms with Crippen molar-refractivity contribution in [3.05, 3.63) is 30.0 Å². The van der Waals surface area contributed by atoms with Crippen molar-refractivity contribution >= 4 is 10.9 Å². The van der Waals surface area contributed by atoms with Crippen LogP contribution in [0.2, 0.25) is 0 Å². The van der Waals surface area contributed by atoms with Crippen LogP contribution >= 0.6 is 0 Å². The van der Waals surface area contributed by atoms with Crippen molar-refractivity contribution in [1.82, 2.24) is 15.1 Å². The summed E-state index contributed by atoms with van der Waals surface area (Å²) < 4.78 is 2.00. The molecule has 0 saturated carbocycles. The van der Waals surface area contributed by atoms with Crippen molar-refractivity contribution in [2.24, 2.45) is 18.9 Å². The summed E-state index contributed by atoms with van der Waals surface area (Å²) in [5, 5.41) is 9.59. The summed E-state index contributed by atoms with van der Waals surface area (Å²) >= 11 is 0. The Morgan fingerprint density at radius 2 is 1.85 bits per heavy atom. The SMILES string of the molecule is CC(C)NCC(Cc1nn(C)c2ccccc12)C(C)C. The minimum absolute atomic E-state index is 0.539. The first-order chi connectivity index (χ1) is 9.49. The maximum absolute atomic E-state index is 4.73.